The Morgan fingerprint density at radius 2 is 2.12 bits per heavy atom. The zero-order chi connectivity index (χ0) is 17.7. The predicted octanol–water partition coefficient (Wildman–Crippen LogP) is 2.98. The summed E-state index contributed by atoms with van der Waals surface area (Å²) < 4.78 is 7.02. The van der Waals surface area contributed by atoms with Gasteiger partial charge in [0, 0.05) is 36.1 Å². The molecule has 1 heterocycles. The fourth-order valence-corrected chi connectivity index (χ4v) is 4.03. The van der Waals surface area contributed by atoms with Crippen LogP contribution in [0.2, 0.25) is 0 Å². The van der Waals surface area contributed by atoms with Gasteiger partial charge in [-0.2, -0.15) is 0 Å². The highest BCUT2D eigenvalue weighted by Crippen LogP contribution is 2.50. The van der Waals surface area contributed by atoms with Crippen molar-refractivity contribution in [3.63, 3.8) is 0 Å². The normalized spacial score (nSPS) is 22.4. The van der Waals surface area contributed by atoms with E-state index in [9.17, 15) is 0 Å². The molecule has 146 valence electrons. The number of halogens is 2. The van der Waals surface area contributed by atoms with E-state index in [0.717, 1.165) is 45.3 Å². The minimum Gasteiger partial charge on any atom is -0.374 e. The van der Waals surface area contributed by atoms with Crippen LogP contribution in [0.25, 0.3) is 0 Å². The molecule has 0 spiro atoms. The molecule has 1 atom stereocenters. The molecule has 0 amide bonds. The Labute approximate surface area is 182 Å². The smallest absolute Gasteiger partial charge is 0.191 e. The lowest BCUT2D eigenvalue weighted by atomic mass is 9.96. The molecule has 1 saturated heterocycles. The molecule has 1 unspecified atom stereocenters. The van der Waals surface area contributed by atoms with E-state index in [0.29, 0.717) is 0 Å². The van der Waals surface area contributed by atoms with E-state index in [-0.39, 0.29) is 35.5 Å². The Bertz CT molecular complexity index is 609. The summed E-state index contributed by atoms with van der Waals surface area (Å²) in [5.74, 6) is 0.887. The van der Waals surface area contributed by atoms with Gasteiger partial charge in [0.25, 0.3) is 0 Å². The van der Waals surface area contributed by atoms with Crippen LogP contribution in [0.4, 0.5) is 0 Å². The Morgan fingerprint density at radius 3 is 2.77 bits per heavy atom. The monoisotopic (exact) mass is 536 g/mol. The second kappa shape index (κ2) is 10.2. The largest absolute Gasteiger partial charge is 0.374 e. The van der Waals surface area contributed by atoms with E-state index < -0.39 is 0 Å². The van der Waals surface area contributed by atoms with Crippen molar-refractivity contribution in [2.24, 2.45) is 4.99 Å². The molecule has 0 radical (unpaired) electrons. The number of nitrogens with zero attached hydrogens (tertiary/aromatic N) is 2. The van der Waals surface area contributed by atoms with E-state index in [1.165, 1.54) is 22.9 Å². The maximum Gasteiger partial charge on any atom is 0.191 e. The van der Waals surface area contributed by atoms with Crippen LogP contribution in [-0.4, -0.2) is 63.3 Å². The average Bonchev–Trinajstić information content (AvgIpc) is 3.39. The van der Waals surface area contributed by atoms with E-state index in [4.69, 9.17) is 9.73 Å². The van der Waals surface area contributed by atoms with E-state index >= 15 is 0 Å². The molecule has 0 bridgehead atoms. The highest BCUT2D eigenvalue weighted by Gasteiger charge is 2.45. The second-order valence-corrected chi connectivity index (χ2v) is 7.95. The van der Waals surface area contributed by atoms with Crippen molar-refractivity contribution in [2.45, 2.75) is 31.3 Å². The van der Waals surface area contributed by atoms with Crippen molar-refractivity contribution < 1.29 is 4.74 Å². The van der Waals surface area contributed by atoms with Crippen molar-refractivity contribution >= 4 is 45.9 Å². The molecule has 5 nitrogen and oxygen atoms in total. The third kappa shape index (κ3) is 5.81. The van der Waals surface area contributed by atoms with E-state index in [1.54, 1.807) is 0 Å². The quantitative estimate of drug-likeness (QED) is 0.333. The molecule has 2 aliphatic rings. The van der Waals surface area contributed by atoms with Gasteiger partial charge in [-0.3, -0.25) is 4.99 Å². The Morgan fingerprint density at radius 1 is 1.35 bits per heavy atom. The number of likely N-dealkylation sites (N-methyl/N-ethyl adjacent to an activating group) is 1. The molecule has 1 saturated carbocycles. The van der Waals surface area contributed by atoms with Crippen LogP contribution in [0.15, 0.2) is 33.7 Å². The summed E-state index contributed by atoms with van der Waals surface area (Å²) in [5.41, 5.74) is 1.58. The molecule has 1 aliphatic carbocycles. The lowest BCUT2D eigenvalue weighted by Gasteiger charge is -2.30. The lowest BCUT2D eigenvalue weighted by Crippen LogP contribution is -2.48. The van der Waals surface area contributed by atoms with Gasteiger partial charge in [0.2, 0.25) is 0 Å². The third-order valence-electron chi connectivity index (χ3n) is 5.02. The van der Waals surface area contributed by atoms with E-state index in [2.05, 4.69) is 69.7 Å². The predicted molar refractivity (Wildman–Crippen MR) is 122 cm³/mol. The lowest BCUT2D eigenvalue weighted by molar-refractivity contribution is -0.0161. The standard InChI is InChI=1S/C19H29BrN4O.HI/c1-3-21-18(22-12-15-13-24(2)10-11-25-15)23-14-19(8-9-19)16-6-4-5-7-17(16)20;/h4-7,15H,3,8-14H2,1-2H3,(H2,21,22,23);1H. The first-order chi connectivity index (χ1) is 12.1. The van der Waals surface area contributed by atoms with Gasteiger partial charge in [0.15, 0.2) is 5.96 Å². The third-order valence-corrected chi connectivity index (χ3v) is 5.71. The van der Waals surface area contributed by atoms with Crippen molar-refractivity contribution in [3.8, 4) is 0 Å². The number of nitrogens with one attached hydrogen (secondary N) is 2. The molecular weight excluding hydrogens is 507 g/mol. The number of hydrogen-bond acceptors (Lipinski definition) is 3. The van der Waals surface area contributed by atoms with Gasteiger partial charge in [0.05, 0.1) is 19.3 Å². The van der Waals surface area contributed by atoms with Crippen LogP contribution in [0.1, 0.15) is 25.3 Å². The topological polar surface area (TPSA) is 48.9 Å². The van der Waals surface area contributed by atoms with Gasteiger partial charge >= 0.3 is 0 Å². The van der Waals surface area contributed by atoms with Crippen LogP contribution in [0.3, 0.4) is 0 Å². The van der Waals surface area contributed by atoms with Crippen LogP contribution < -0.4 is 10.6 Å². The molecular formula is C19H30BrIN4O. The van der Waals surface area contributed by atoms with Crippen molar-refractivity contribution in [3.05, 3.63) is 34.3 Å². The van der Waals surface area contributed by atoms with Crippen LogP contribution >= 0.6 is 39.9 Å². The Kier molecular flexibility index (Phi) is 8.63. The molecule has 3 rings (SSSR count). The number of aliphatic imine (C=N–C) groups is 1. The zero-order valence-corrected chi connectivity index (χ0v) is 19.5. The minimum absolute atomic E-state index is 0. The first-order valence-electron chi connectivity index (χ1n) is 9.20. The SMILES string of the molecule is CCNC(=NCC1(c2ccccc2Br)CC1)NCC1CN(C)CCO1.I. The van der Waals surface area contributed by atoms with Crippen LogP contribution in [0.5, 0.6) is 0 Å². The number of hydrogen-bond donors (Lipinski definition) is 2. The molecule has 2 fully saturated rings. The molecule has 1 aromatic rings. The summed E-state index contributed by atoms with van der Waals surface area (Å²) in [4.78, 5) is 7.18. The molecule has 7 heteroatoms. The highest BCUT2D eigenvalue weighted by molar-refractivity contribution is 14.0. The highest BCUT2D eigenvalue weighted by atomic mass is 127. The van der Waals surface area contributed by atoms with Gasteiger partial charge in [-0.1, -0.05) is 34.1 Å². The number of benzene rings is 1. The maximum atomic E-state index is 5.83. The van der Waals surface area contributed by atoms with Crippen molar-refractivity contribution in [1.29, 1.82) is 0 Å². The molecule has 0 aromatic heterocycles. The average molecular weight is 537 g/mol. The summed E-state index contributed by atoms with van der Waals surface area (Å²) in [5, 5.41) is 6.81. The van der Waals surface area contributed by atoms with E-state index in [1.807, 2.05) is 0 Å². The second-order valence-electron chi connectivity index (χ2n) is 7.09. The molecule has 2 N–H and O–H groups in total. The van der Waals surface area contributed by atoms with Gasteiger partial charge in [-0.15, -0.1) is 24.0 Å². The summed E-state index contributed by atoms with van der Waals surface area (Å²) in [6.45, 7) is 7.35. The van der Waals surface area contributed by atoms with Gasteiger partial charge in [-0.25, -0.2) is 0 Å². The number of rotatable bonds is 6. The van der Waals surface area contributed by atoms with Gasteiger partial charge in [-0.05, 0) is 38.4 Å². The molecule has 1 aromatic carbocycles. The number of ether oxygens (including phenoxy) is 1. The van der Waals surface area contributed by atoms with Crippen molar-refractivity contribution in [2.75, 3.05) is 46.4 Å². The minimum atomic E-state index is 0. The zero-order valence-electron chi connectivity index (χ0n) is 15.6. The fourth-order valence-electron chi connectivity index (χ4n) is 3.33. The van der Waals surface area contributed by atoms with Crippen LogP contribution in [-0.2, 0) is 10.2 Å². The summed E-state index contributed by atoms with van der Waals surface area (Å²) in [6, 6.07) is 8.53. The first kappa shape index (κ1) is 21.9. The number of morpholine rings is 1. The fraction of sp³-hybridized carbons (Fsp3) is 0.632. The molecule has 1 aliphatic heterocycles. The maximum absolute atomic E-state index is 5.83. The Balaban J connectivity index is 0.00000243. The summed E-state index contributed by atoms with van der Waals surface area (Å²) in [7, 11) is 2.14. The number of guanidine groups is 1. The first-order valence-corrected chi connectivity index (χ1v) is 9.99. The summed E-state index contributed by atoms with van der Waals surface area (Å²) >= 11 is 3.70. The Hall–Kier alpha value is -0.380. The van der Waals surface area contributed by atoms with Crippen LogP contribution in [0, 0.1) is 0 Å². The molecule has 26 heavy (non-hydrogen) atoms. The van der Waals surface area contributed by atoms with Gasteiger partial charge in [0.1, 0.15) is 0 Å². The van der Waals surface area contributed by atoms with Crippen molar-refractivity contribution in [1.82, 2.24) is 15.5 Å². The summed E-state index contributed by atoms with van der Waals surface area (Å²) in [6.07, 6.45) is 2.63. The van der Waals surface area contributed by atoms with Gasteiger partial charge < -0.3 is 20.3 Å².